The SMILES string of the molecule is COc1ccc(C2CCCN2C(=O)OCc2ccccc2)cc1F. The van der Waals surface area contributed by atoms with Crippen LogP contribution < -0.4 is 4.74 Å². The van der Waals surface area contributed by atoms with Crippen molar-refractivity contribution >= 4 is 6.09 Å². The van der Waals surface area contributed by atoms with Gasteiger partial charge in [0.15, 0.2) is 11.6 Å². The number of carbonyl (C=O) groups excluding carboxylic acids is 1. The maximum Gasteiger partial charge on any atom is 0.410 e. The molecule has 0 aromatic heterocycles. The van der Waals surface area contributed by atoms with Gasteiger partial charge in [0.05, 0.1) is 13.2 Å². The van der Waals surface area contributed by atoms with Crippen molar-refractivity contribution < 1.29 is 18.7 Å². The Balaban J connectivity index is 1.68. The molecule has 1 unspecified atom stereocenters. The van der Waals surface area contributed by atoms with Crippen LogP contribution in [0.3, 0.4) is 0 Å². The van der Waals surface area contributed by atoms with Gasteiger partial charge in [-0.25, -0.2) is 9.18 Å². The summed E-state index contributed by atoms with van der Waals surface area (Å²) < 4.78 is 24.3. The fourth-order valence-electron chi connectivity index (χ4n) is 3.02. The van der Waals surface area contributed by atoms with Gasteiger partial charge >= 0.3 is 6.09 Å². The van der Waals surface area contributed by atoms with Gasteiger partial charge in [0.2, 0.25) is 0 Å². The second-order valence-electron chi connectivity index (χ2n) is 5.79. The lowest BCUT2D eigenvalue weighted by Crippen LogP contribution is -2.31. The molecule has 0 N–H and O–H groups in total. The topological polar surface area (TPSA) is 38.8 Å². The number of hydrogen-bond donors (Lipinski definition) is 0. The Labute approximate surface area is 140 Å². The summed E-state index contributed by atoms with van der Waals surface area (Å²) in [5, 5.41) is 0. The van der Waals surface area contributed by atoms with Gasteiger partial charge < -0.3 is 14.4 Å². The minimum atomic E-state index is -0.417. The first-order valence-electron chi connectivity index (χ1n) is 8.00. The van der Waals surface area contributed by atoms with Gasteiger partial charge in [0.1, 0.15) is 6.61 Å². The number of methoxy groups -OCH3 is 1. The first-order valence-corrected chi connectivity index (χ1v) is 8.00. The number of carbonyl (C=O) groups is 1. The average Bonchev–Trinajstić information content (AvgIpc) is 3.10. The van der Waals surface area contributed by atoms with Crippen molar-refractivity contribution in [1.82, 2.24) is 4.90 Å². The summed E-state index contributed by atoms with van der Waals surface area (Å²) in [6, 6.07) is 14.2. The normalized spacial score (nSPS) is 16.9. The zero-order chi connectivity index (χ0) is 16.9. The van der Waals surface area contributed by atoms with Crippen molar-refractivity contribution in [2.75, 3.05) is 13.7 Å². The van der Waals surface area contributed by atoms with Gasteiger partial charge in [0.25, 0.3) is 0 Å². The smallest absolute Gasteiger partial charge is 0.410 e. The molecule has 5 heteroatoms. The van der Waals surface area contributed by atoms with Crippen LogP contribution in [0.1, 0.15) is 30.0 Å². The first-order chi connectivity index (χ1) is 11.7. The molecule has 0 saturated carbocycles. The summed E-state index contributed by atoms with van der Waals surface area (Å²) in [5.74, 6) is -0.213. The number of hydrogen-bond acceptors (Lipinski definition) is 3. The monoisotopic (exact) mass is 329 g/mol. The molecule has 1 aliphatic heterocycles. The number of rotatable bonds is 4. The van der Waals surface area contributed by atoms with E-state index in [1.54, 1.807) is 17.0 Å². The molecule has 0 aliphatic carbocycles. The lowest BCUT2D eigenvalue weighted by Gasteiger charge is -2.24. The Bertz CT molecular complexity index is 705. The predicted octanol–water partition coefficient (Wildman–Crippen LogP) is 4.31. The second kappa shape index (κ2) is 7.34. The number of amides is 1. The van der Waals surface area contributed by atoms with Crippen molar-refractivity contribution in [3.05, 3.63) is 65.5 Å². The maximum atomic E-state index is 13.9. The third-order valence-corrected chi connectivity index (χ3v) is 4.25. The number of halogens is 1. The van der Waals surface area contributed by atoms with E-state index in [1.807, 2.05) is 30.3 Å². The highest BCUT2D eigenvalue weighted by Gasteiger charge is 2.31. The van der Waals surface area contributed by atoms with E-state index < -0.39 is 5.82 Å². The van der Waals surface area contributed by atoms with Gasteiger partial charge in [-0.1, -0.05) is 36.4 Å². The molecule has 0 spiro atoms. The van der Waals surface area contributed by atoms with Crippen molar-refractivity contribution in [2.45, 2.75) is 25.5 Å². The zero-order valence-electron chi connectivity index (χ0n) is 13.6. The molecule has 126 valence electrons. The molecule has 2 aromatic rings. The van der Waals surface area contributed by atoms with E-state index in [9.17, 15) is 9.18 Å². The van der Waals surface area contributed by atoms with Crippen LogP contribution in [-0.2, 0) is 11.3 Å². The van der Waals surface area contributed by atoms with Crippen LogP contribution in [-0.4, -0.2) is 24.6 Å². The summed E-state index contributed by atoms with van der Waals surface area (Å²) in [4.78, 5) is 14.1. The summed E-state index contributed by atoms with van der Waals surface area (Å²) in [6.45, 7) is 0.853. The Morgan fingerprint density at radius 3 is 2.75 bits per heavy atom. The van der Waals surface area contributed by atoms with Crippen molar-refractivity contribution in [3.8, 4) is 5.75 Å². The largest absolute Gasteiger partial charge is 0.494 e. The fourth-order valence-corrected chi connectivity index (χ4v) is 3.02. The van der Waals surface area contributed by atoms with Crippen LogP contribution in [0, 0.1) is 5.82 Å². The molecule has 1 amide bonds. The minimum Gasteiger partial charge on any atom is -0.494 e. The Morgan fingerprint density at radius 1 is 1.25 bits per heavy atom. The van der Waals surface area contributed by atoms with Crippen LogP contribution >= 0.6 is 0 Å². The molecule has 1 heterocycles. The van der Waals surface area contributed by atoms with E-state index >= 15 is 0 Å². The summed E-state index contributed by atoms with van der Waals surface area (Å²) in [5.41, 5.74) is 1.71. The highest BCUT2D eigenvalue weighted by molar-refractivity contribution is 5.68. The third kappa shape index (κ3) is 3.50. The fraction of sp³-hybridized carbons (Fsp3) is 0.316. The van der Waals surface area contributed by atoms with Crippen LogP contribution in [0.2, 0.25) is 0 Å². The average molecular weight is 329 g/mol. The zero-order valence-corrected chi connectivity index (χ0v) is 13.6. The summed E-state index contributed by atoms with van der Waals surface area (Å²) in [6.07, 6.45) is 1.31. The van der Waals surface area contributed by atoms with Crippen LogP contribution in [0.15, 0.2) is 48.5 Å². The molecule has 1 aliphatic rings. The van der Waals surface area contributed by atoms with Crippen LogP contribution in [0.4, 0.5) is 9.18 Å². The molecule has 3 rings (SSSR count). The van der Waals surface area contributed by atoms with Gasteiger partial charge in [-0.05, 0) is 36.1 Å². The van der Waals surface area contributed by atoms with Crippen LogP contribution in [0.25, 0.3) is 0 Å². The molecular formula is C19H20FNO3. The van der Waals surface area contributed by atoms with E-state index in [2.05, 4.69) is 0 Å². The Morgan fingerprint density at radius 2 is 2.04 bits per heavy atom. The molecule has 1 atom stereocenters. The quantitative estimate of drug-likeness (QED) is 0.839. The number of benzene rings is 2. The summed E-state index contributed by atoms with van der Waals surface area (Å²) in [7, 11) is 1.43. The van der Waals surface area contributed by atoms with Crippen LogP contribution in [0.5, 0.6) is 5.75 Å². The lowest BCUT2D eigenvalue weighted by atomic mass is 10.0. The molecule has 1 saturated heterocycles. The van der Waals surface area contributed by atoms with Crippen molar-refractivity contribution in [2.24, 2.45) is 0 Å². The van der Waals surface area contributed by atoms with Crippen molar-refractivity contribution in [3.63, 3.8) is 0 Å². The van der Waals surface area contributed by atoms with E-state index in [-0.39, 0.29) is 24.5 Å². The predicted molar refractivity (Wildman–Crippen MR) is 88.3 cm³/mol. The van der Waals surface area contributed by atoms with E-state index in [0.29, 0.717) is 6.54 Å². The molecule has 0 radical (unpaired) electrons. The highest BCUT2D eigenvalue weighted by atomic mass is 19.1. The highest BCUT2D eigenvalue weighted by Crippen LogP contribution is 2.34. The summed E-state index contributed by atoms with van der Waals surface area (Å²) >= 11 is 0. The van der Waals surface area contributed by atoms with Gasteiger partial charge in [0, 0.05) is 6.54 Å². The molecule has 4 nitrogen and oxygen atoms in total. The number of nitrogens with zero attached hydrogens (tertiary/aromatic N) is 1. The number of likely N-dealkylation sites (tertiary alicyclic amines) is 1. The third-order valence-electron chi connectivity index (χ3n) is 4.25. The van der Waals surface area contributed by atoms with Crippen molar-refractivity contribution in [1.29, 1.82) is 0 Å². The molecular weight excluding hydrogens is 309 g/mol. The van der Waals surface area contributed by atoms with E-state index in [4.69, 9.17) is 9.47 Å². The molecule has 24 heavy (non-hydrogen) atoms. The Hall–Kier alpha value is -2.56. The van der Waals surface area contributed by atoms with E-state index in [1.165, 1.54) is 13.2 Å². The molecule has 2 aromatic carbocycles. The second-order valence-corrected chi connectivity index (χ2v) is 5.79. The number of ether oxygens (including phenoxy) is 2. The first kappa shape index (κ1) is 16.3. The van der Waals surface area contributed by atoms with E-state index in [0.717, 1.165) is 24.0 Å². The minimum absolute atomic E-state index is 0.159. The lowest BCUT2D eigenvalue weighted by molar-refractivity contribution is 0.0920. The molecule has 0 bridgehead atoms. The van der Waals surface area contributed by atoms with Gasteiger partial charge in [-0.15, -0.1) is 0 Å². The van der Waals surface area contributed by atoms with Gasteiger partial charge in [-0.2, -0.15) is 0 Å². The maximum absolute atomic E-state index is 13.9. The van der Waals surface area contributed by atoms with Gasteiger partial charge in [-0.3, -0.25) is 0 Å². The standard InChI is InChI=1S/C19H20FNO3/c1-23-18-10-9-15(12-16(18)20)17-8-5-11-21(17)19(22)24-13-14-6-3-2-4-7-14/h2-4,6-7,9-10,12,17H,5,8,11,13H2,1H3. The molecule has 1 fully saturated rings. The Kier molecular flexibility index (Phi) is 4.99.